The summed E-state index contributed by atoms with van der Waals surface area (Å²) in [5.74, 6) is -1.69. The molecule has 0 amide bonds. The topological polar surface area (TPSA) is 69.7 Å². The summed E-state index contributed by atoms with van der Waals surface area (Å²) in [6, 6.07) is 13.4. The van der Waals surface area contributed by atoms with Crippen LogP contribution in [0.4, 0.5) is 0 Å². The average Bonchev–Trinajstić information content (AvgIpc) is 2.59. The molecule has 2 aromatic carbocycles. The van der Waals surface area contributed by atoms with Crippen molar-refractivity contribution in [2.75, 3.05) is 13.7 Å². The van der Waals surface area contributed by atoms with Crippen LogP contribution in [0.25, 0.3) is 0 Å². The minimum Gasteiger partial charge on any atom is -0.466 e. The predicted octanol–water partition coefficient (Wildman–Crippen LogP) is 2.56. The fourth-order valence-corrected chi connectivity index (χ4v) is 1.98. The van der Waals surface area contributed by atoms with Gasteiger partial charge >= 0.3 is 11.9 Å². The first kappa shape index (κ1) is 16.4. The van der Waals surface area contributed by atoms with E-state index in [1.54, 1.807) is 30.3 Å². The molecular weight excluding hydrogens is 296 g/mol. The van der Waals surface area contributed by atoms with Crippen molar-refractivity contribution in [3.8, 4) is 0 Å². The molecule has 2 rings (SSSR count). The Kier molecular flexibility index (Phi) is 5.25. The Hall–Kier alpha value is -2.95. The number of esters is 2. The van der Waals surface area contributed by atoms with Crippen molar-refractivity contribution in [2.45, 2.75) is 6.92 Å². The van der Waals surface area contributed by atoms with Crippen LogP contribution in [-0.2, 0) is 14.3 Å². The molecular formula is C18H16O5. The summed E-state index contributed by atoms with van der Waals surface area (Å²) in [5, 5.41) is 0. The Balaban J connectivity index is 2.26. The third kappa shape index (κ3) is 4.03. The molecule has 5 nitrogen and oxygen atoms in total. The summed E-state index contributed by atoms with van der Waals surface area (Å²) < 4.78 is 9.27. The van der Waals surface area contributed by atoms with Gasteiger partial charge in [0, 0.05) is 11.1 Å². The van der Waals surface area contributed by atoms with Gasteiger partial charge in [-0.15, -0.1) is 0 Å². The molecule has 118 valence electrons. The van der Waals surface area contributed by atoms with Gasteiger partial charge in [-0.25, -0.2) is 9.59 Å². The molecule has 0 fully saturated rings. The Bertz CT molecular complexity index is 731. The SMILES string of the molecule is COC(=O)COC(=O)c1ccccc1C(=O)c1ccc(C)cc1. The molecule has 0 aliphatic heterocycles. The molecule has 0 radical (unpaired) electrons. The summed E-state index contributed by atoms with van der Waals surface area (Å²) in [6.45, 7) is 1.43. The monoisotopic (exact) mass is 312 g/mol. The molecule has 0 heterocycles. The maximum absolute atomic E-state index is 12.6. The Morgan fingerprint density at radius 3 is 2.13 bits per heavy atom. The van der Waals surface area contributed by atoms with Gasteiger partial charge in [0.25, 0.3) is 0 Å². The average molecular weight is 312 g/mol. The number of hydrogen-bond acceptors (Lipinski definition) is 5. The lowest BCUT2D eigenvalue weighted by Gasteiger charge is -2.08. The molecule has 0 aliphatic carbocycles. The first-order valence-electron chi connectivity index (χ1n) is 6.97. The summed E-state index contributed by atoms with van der Waals surface area (Å²) >= 11 is 0. The van der Waals surface area contributed by atoms with E-state index in [2.05, 4.69) is 4.74 Å². The van der Waals surface area contributed by atoms with E-state index in [1.165, 1.54) is 13.2 Å². The lowest BCUT2D eigenvalue weighted by atomic mass is 9.98. The summed E-state index contributed by atoms with van der Waals surface area (Å²) in [5.41, 5.74) is 1.85. The predicted molar refractivity (Wildman–Crippen MR) is 83.4 cm³/mol. The maximum atomic E-state index is 12.6. The van der Waals surface area contributed by atoms with E-state index in [4.69, 9.17) is 4.74 Å². The number of carbonyl (C=O) groups is 3. The molecule has 0 saturated carbocycles. The molecule has 0 saturated heterocycles. The van der Waals surface area contributed by atoms with Crippen LogP contribution in [0.5, 0.6) is 0 Å². The molecule has 0 bridgehead atoms. The van der Waals surface area contributed by atoms with E-state index in [9.17, 15) is 14.4 Å². The van der Waals surface area contributed by atoms with Crippen LogP contribution in [-0.4, -0.2) is 31.4 Å². The maximum Gasteiger partial charge on any atom is 0.344 e. The highest BCUT2D eigenvalue weighted by molar-refractivity contribution is 6.14. The molecule has 23 heavy (non-hydrogen) atoms. The molecule has 0 aromatic heterocycles. The second-order valence-corrected chi connectivity index (χ2v) is 4.89. The zero-order valence-electron chi connectivity index (χ0n) is 12.9. The van der Waals surface area contributed by atoms with Crippen LogP contribution >= 0.6 is 0 Å². The Labute approximate surface area is 133 Å². The highest BCUT2D eigenvalue weighted by Crippen LogP contribution is 2.16. The van der Waals surface area contributed by atoms with Crippen molar-refractivity contribution in [2.24, 2.45) is 0 Å². The zero-order valence-corrected chi connectivity index (χ0v) is 12.9. The molecule has 0 unspecified atom stereocenters. The van der Waals surface area contributed by atoms with Gasteiger partial charge in [0.2, 0.25) is 0 Å². The number of rotatable bonds is 5. The standard InChI is InChI=1S/C18H16O5/c1-12-7-9-13(10-8-12)17(20)14-5-3-4-6-15(14)18(21)23-11-16(19)22-2/h3-10H,11H2,1-2H3. The van der Waals surface area contributed by atoms with Crippen molar-refractivity contribution in [3.05, 3.63) is 70.8 Å². The third-order valence-electron chi connectivity index (χ3n) is 3.25. The van der Waals surface area contributed by atoms with E-state index in [1.807, 2.05) is 19.1 Å². The summed E-state index contributed by atoms with van der Waals surface area (Å²) in [4.78, 5) is 35.7. The largest absolute Gasteiger partial charge is 0.466 e. The normalized spacial score (nSPS) is 10.0. The van der Waals surface area contributed by atoms with Crippen LogP contribution in [0.1, 0.15) is 31.8 Å². The summed E-state index contributed by atoms with van der Waals surface area (Å²) in [7, 11) is 1.20. The fourth-order valence-electron chi connectivity index (χ4n) is 1.98. The lowest BCUT2D eigenvalue weighted by Crippen LogP contribution is -2.17. The van der Waals surface area contributed by atoms with E-state index >= 15 is 0 Å². The Morgan fingerprint density at radius 2 is 1.52 bits per heavy atom. The number of aryl methyl sites for hydroxylation is 1. The smallest absolute Gasteiger partial charge is 0.344 e. The molecule has 0 aliphatic rings. The molecule has 0 spiro atoms. The van der Waals surface area contributed by atoms with E-state index in [0.717, 1.165) is 5.56 Å². The van der Waals surface area contributed by atoms with Gasteiger partial charge in [-0.3, -0.25) is 4.79 Å². The molecule has 0 N–H and O–H groups in total. The first-order valence-corrected chi connectivity index (χ1v) is 6.97. The first-order chi connectivity index (χ1) is 11.0. The van der Waals surface area contributed by atoms with Crippen LogP contribution in [0.2, 0.25) is 0 Å². The van der Waals surface area contributed by atoms with Gasteiger partial charge < -0.3 is 9.47 Å². The molecule has 0 atom stereocenters. The van der Waals surface area contributed by atoms with Crippen LogP contribution < -0.4 is 0 Å². The second kappa shape index (κ2) is 7.35. The highest BCUT2D eigenvalue weighted by Gasteiger charge is 2.19. The van der Waals surface area contributed by atoms with Gasteiger partial charge in [0.15, 0.2) is 12.4 Å². The van der Waals surface area contributed by atoms with E-state index in [-0.39, 0.29) is 16.9 Å². The number of ketones is 1. The molecule has 5 heteroatoms. The van der Waals surface area contributed by atoms with Crippen molar-refractivity contribution in [1.82, 2.24) is 0 Å². The number of methoxy groups -OCH3 is 1. The quantitative estimate of drug-likeness (QED) is 0.627. The minimum absolute atomic E-state index is 0.113. The number of carbonyl (C=O) groups excluding carboxylic acids is 3. The molecule has 2 aromatic rings. The van der Waals surface area contributed by atoms with Crippen molar-refractivity contribution in [3.63, 3.8) is 0 Å². The van der Waals surface area contributed by atoms with E-state index < -0.39 is 18.5 Å². The lowest BCUT2D eigenvalue weighted by molar-refractivity contribution is -0.144. The highest BCUT2D eigenvalue weighted by atomic mass is 16.6. The van der Waals surface area contributed by atoms with Crippen LogP contribution in [0.15, 0.2) is 48.5 Å². The van der Waals surface area contributed by atoms with Gasteiger partial charge in [-0.05, 0) is 13.0 Å². The van der Waals surface area contributed by atoms with Crippen LogP contribution in [0.3, 0.4) is 0 Å². The van der Waals surface area contributed by atoms with Gasteiger partial charge in [0.1, 0.15) is 0 Å². The van der Waals surface area contributed by atoms with E-state index in [0.29, 0.717) is 5.56 Å². The van der Waals surface area contributed by atoms with Crippen molar-refractivity contribution in [1.29, 1.82) is 0 Å². The van der Waals surface area contributed by atoms with Gasteiger partial charge in [-0.1, -0.05) is 48.0 Å². The van der Waals surface area contributed by atoms with Crippen molar-refractivity contribution < 1.29 is 23.9 Å². The Morgan fingerprint density at radius 1 is 0.913 bits per heavy atom. The fraction of sp³-hybridized carbons (Fsp3) is 0.167. The number of benzene rings is 2. The third-order valence-corrected chi connectivity index (χ3v) is 3.25. The summed E-state index contributed by atoms with van der Waals surface area (Å²) in [6.07, 6.45) is 0. The number of hydrogen-bond donors (Lipinski definition) is 0. The second-order valence-electron chi connectivity index (χ2n) is 4.89. The van der Waals surface area contributed by atoms with Gasteiger partial charge in [0.05, 0.1) is 12.7 Å². The van der Waals surface area contributed by atoms with Crippen LogP contribution in [0, 0.1) is 6.92 Å². The minimum atomic E-state index is -0.744. The zero-order chi connectivity index (χ0) is 16.8. The van der Waals surface area contributed by atoms with Crippen molar-refractivity contribution >= 4 is 17.7 Å². The number of ether oxygens (including phenoxy) is 2. The van der Waals surface area contributed by atoms with Gasteiger partial charge in [-0.2, -0.15) is 0 Å².